The third-order valence-corrected chi connectivity index (χ3v) is 0.333. The van der Waals surface area contributed by atoms with Gasteiger partial charge in [0.15, 0.2) is 0 Å². The van der Waals surface area contributed by atoms with E-state index >= 15 is 0 Å². The van der Waals surface area contributed by atoms with E-state index in [1.807, 2.05) is 20.3 Å². The zero-order valence-corrected chi connectivity index (χ0v) is 10.4. The minimum atomic E-state index is 0. The maximum Gasteiger partial charge on any atom is 0 e. The van der Waals surface area contributed by atoms with E-state index in [1.54, 1.807) is 24.3 Å². The molecular weight excluding hydrogens is 324 g/mol. The predicted molar refractivity (Wildman–Crippen MR) is 56.4 cm³/mol. The van der Waals surface area contributed by atoms with Crippen LogP contribution in [0.15, 0.2) is 50.6 Å². The molecule has 1 radical (unpaired) electrons. The fraction of sp³-hybridized carbons (Fsp3) is 0.182. The molecule has 0 N–H and O–H groups in total. The van der Waals surface area contributed by atoms with E-state index in [0.717, 1.165) is 0 Å². The Morgan fingerprint density at radius 1 is 0.750 bits per heavy atom. The SMILES string of the molecule is C=CC=C.C=CC=C.C[CH-]C.[Ir]. The van der Waals surface area contributed by atoms with Gasteiger partial charge in [0.1, 0.15) is 0 Å². The molecule has 0 spiro atoms. The first-order valence-electron chi connectivity index (χ1n) is 3.45. The smallest absolute Gasteiger partial charge is 0 e. The molecule has 0 aromatic rings. The minimum absolute atomic E-state index is 0. The molecule has 0 rings (SSSR count). The topological polar surface area (TPSA) is 0 Å². The van der Waals surface area contributed by atoms with Crippen LogP contribution in [0.2, 0.25) is 0 Å². The Bertz CT molecular complexity index is 69.2. The van der Waals surface area contributed by atoms with Gasteiger partial charge in [-0.15, -0.1) is 0 Å². The molecule has 0 bridgehead atoms. The van der Waals surface area contributed by atoms with Crippen molar-refractivity contribution < 1.29 is 20.1 Å². The summed E-state index contributed by atoms with van der Waals surface area (Å²) in [5.74, 6) is 0. The Labute approximate surface area is 91.1 Å². The van der Waals surface area contributed by atoms with Crippen LogP contribution < -0.4 is 0 Å². The van der Waals surface area contributed by atoms with Gasteiger partial charge in [0, 0.05) is 20.1 Å². The molecule has 0 aromatic heterocycles. The maximum atomic E-state index is 3.36. The fourth-order valence-electron chi connectivity index (χ4n) is 0. The second-order valence-electron chi connectivity index (χ2n) is 1.52. The number of hydrogen-bond donors (Lipinski definition) is 0. The third kappa shape index (κ3) is 275. The van der Waals surface area contributed by atoms with Crippen molar-refractivity contribution in [1.82, 2.24) is 0 Å². The van der Waals surface area contributed by atoms with Gasteiger partial charge in [-0.2, -0.15) is 13.8 Å². The van der Waals surface area contributed by atoms with E-state index in [9.17, 15) is 0 Å². The summed E-state index contributed by atoms with van der Waals surface area (Å²) in [6, 6.07) is 0. The van der Waals surface area contributed by atoms with Crippen LogP contribution in [0.5, 0.6) is 0 Å². The van der Waals surface area contributed by atoms with Gasteiger partial charge < -0.3 is 6.42 Å². The van der Waals surface area contributed by atoms with Crippen molar-refractivity contribution >= 4 is 0 Å². The van der Waals surface area contributed by atoms with Crippen molar-refractivity contribution in [3.05, 3.63) is 57.0 Å². The van der Waals surface area contributed by atoms with Crippen molar-refractivity contribution in [2.45, 2.75) is 13.8 Å². The molecule has 0 aliphatic heterocycles. The van der Waals surface area contributed by atoms with E-state index in [1.165, 1.54) is 0 Å². The molecule has 73 valence electrons. The van der Waals surface area contributed by atoms with Gasteiger partial charge in [0.25, 0.3) is 0 Å². The molecule has 0 nitrogen and oxygen atoms in total. The number of rotatable bonds is 2. The van der Waals surface area contributed by atoms with Crippen LogP contribution in [0.3, 0.4) is 0 Å². The molecule has 12 heavy (non-hydrogen) atoms. The van der Waals surface area contributed by atoms with Crippen LogP contribution in [-0.4, -0.2) is 0 Å². The van der Waals surface area contributed by atoms with Crippen LogP contribution in [0.4, 0.5) is 0 Å². The molecule has 0 aromatic carbocycles. The van der Waals surface area contributed by atoms with E-state index in [-0.39, 0.29) is 20.1 Å². The van der Waals surface area contributed by atoms with Crippen molar-refractivity contribution in [2.75, 3.05) is 0 Å². The fourth-order valence-corrected chi connectivity index (χ4v) is 0. The molecule has 0 aliphatic rings. The number of hydrogen-bond acceptors (Lipinski definition) is 0. The van der Waals surface area contributed by atoms with E-state index in [2.05, 4.69) is 26.3 Å². The maximum absolute atomic E-state index is 3.36. The Hall–Kier alpha value is -0.391. The van der Waals surface area contributed by atoms with Crippen LogP contribution in [0.1, 0.15) is 13.8 Å². The quantitative estimate of drug-likeness (QED) is 0.526. The van der Waals surface area contributed by atoms with E-state index < -0.39 is 0 Å². The van der Waals surface area contributed by atoms with E-state index in [0.29, 0.717) is 0 Å². The summed E-state index contributed by atoms with van der Waals surface area (Å²) in [7, 11) is 0. The minimum Gasteiger partial charge on any atom is -0.335 e. The zero-order chi connectivity index (χ0) is 9.54. The second kappa shape index (κ2) is 46.1. The van der Waals surface area contributed by atoms with Crippen LogP contribution in [0, 0.1) is 6.42 Å². The van der Waals surface area contributed by atoms with Crippen molar-refractivity contribution in [3.8, 4) is 0 Å². The summed E-state index contributed by atoms with van der Waals surface area (Å²) in [6.45, 7) is 17.4. The van der Waals surface area contributed by atoms with Crippen molar-refractivity contribution in [2.24, 2.45) is 0 Å². The first kappa shape index (κ1) is 22.6. The van der Waals surface area contributed by atoms with Gasteiger partial charge in [-0.25, -0.2) is 0 Å². The Morgan fingerprint density at radius 3 is 0.833 bits per heavy atom. The monoisotopic (exact) mass is 344 g/mol. The third-order valence-electron chi connectivity index (χ3n) is 0.333. The molecule has 0 saturated heterocycles. The van der Waals surface area contributed by atoms with Gasteiger partial charge in [0.2, 0.25) is 0 Å². The zero-order valence-electron chi connectivity index (χ0n) is 8.05. The first-order valence-corrected chi connectivity index (χ1v) is 3.45. The summed E-state index contributed by atoms with van der Waals surface area (Å²) < 4.78 is 0. The Morgan fingerprint density at radius 2 is 0.833 bits per heavy atom. The predicted octanol–water partition coefficient (Wildman–Crippen LogP) is 3.94. The molecular formula is C11H19Ir-. The first-order chi connectivity index (χ1) is 5.24. The second-order valence-corrected chi connectivity index (χ2v) is 1.52. The summed E-state index contributed by atoms with van der Waals surface area (Å²) in [4.78, 5) is 0. The molecule has 0 unspecified atom stereocenters. The number of allylic oxidation sites excluding steroid dienone is 4. The largest absolute Gasteiger partial charge is 0.335 e. The molecule has 0 aliphatic carbocycles. The molecule has 0 atom stereocenters. The standard InChI is InChI=1S/2C4H6.C3H7.Ir/c2*1-3-4-2;1-3-2;/h2*3-4H,1-2H2;3H,1-2H3;/q;;-1;. The summed E-state index contributed by atoms with van der Waals surface area (Å²) in [5, 5.41) is 0. The van der Waals surface area contributed by atoms with Crippen LogP contribution in [-0.2, 0) is 20.1 Å². The van der Waals surface area contributed by atoms with Gasteiger partial charge in [0.05, 0.1) is 0 Å². The average molecular weight is 343 g/mol. The summed E-state index contributed by atoms with van der Waals surface area (Å²) >= 11 is 0. The van der Waals surface area contributed by atoms with Gasteiger partial charge in [-0.1, -0.05) is 50.6 Å². The molecule has 0 amide bonds. The Kier molecular flexibility index (Phi) is 86.7. The Balaban J connectivity index is -0.0000000389. The van der Waals surface area contributed by atoms with E-state index in [4.69, 9.17) is 0 Å². The molecule has 1 heteroatoms. The molecule has 0 heterocycles. The molecule has 0 saturated carbocycles. The van der Waals surface area contributed by atoms with Gasteiger partial charge >= 0.3 is 0 Å². The summed E-state index contributed by atoms with van der Waals surface area (Å²) in [5.41, 5.74) is 0. The van der Waals surface area contributed by atoms with Crippen LogP contribution >= 0.6 is 0 Å². The average Bonchev–Trinajstić information content (AvgIpc) is 2.06. The van der Waals surface area contributed by atoms with Crippen molar-refractivity contribution in [1.29, 1.82) is 0 Å². The normalized spacial score (nSPS) is 4.83. The van der Waals surface area contributed by atoms with Gasteiger partial charge in [-0.3, -0.25) is 0 Å². The van der Waals surface area contributed by atoms with Crippen LogP contribution in [0.25, 0.3) is 0 Å². The molecule has 0 fully saturated rings. The summed E-state index contributed by atoms with van der Waals surface area (Å²) in [6.07, 6.45) is 8.56. The van der Waals surface area contributed by atoms with Gasteiger partial charge in [-0.05, 0) is 0 Å². The van der Waals surface area contributed by atoms with Crippen molar-refractivity contribution in [3.63, 3.8) is 0 Å².